The molecule has 0 fully saturated rings. The van der Waals surface area contributed by atoms with Crippen LogP contribution in [0.2, 0.25) is 0 Å². The van der Waals surface area contributed by atoms with Crippen LogP contribution in [0, 0.1) is 25.2 Å². The molecule has 1 aliphatic carbocycles. The van der Waals surface area contributed by atoms with E-state index in [2.05, 4.69) is 36.3 Å². The van der Waals surface area contributed by atoms with Gasteiger partial charge in [0.25, 0.3) is 0 Å². The van der Waals surface area contributed by atoms with Crippen molar-refractivity contribution in [2.45, 2.75) is 46.1 Å². The van der Waals surface area contributed by atoms with E-state index in [-0.39, 0.29) is 0 Å². The fourth-order valence-corrected chi connectivity index (χ4v) is 3.77. The third kappa shape index (κ3) is 3.46. The largest absolute Gasteiger partial charge is 0.489 e. The van der Waals surface area contributed by atoms with Gasteiger partial charge in [0, 0.05) is 11.3 Å². The molecule has 1 aromatic heterocycles. The fraction of sp³-hybridized carbons (Fsp3) is 0.304. The lowest BCUT2D eigenvalue weighted by Crippen LogP contribution is -2.04. The highest BCUT2D eigenvalue weighted by molar-refractivity contribution is 5.42. The summed E-state index contributed by atoms with van der Waals surface area (Å²) in [5.41, 5.74) is 7.64. The monoisotopic (exact) mass is 357 g/mol. The van der Waals surface area contributed by atoms with E-state index in [4.69, 9.17) is 10.00 Å². The molecule has 4 nitrogen and oxygen atoms in total. The van der Waals surface area contributed by atoms with Gasteiger partial charge in [-0.2, -0.15) is 10.4 Å². The number of nitriles is 1. The van der Waals surface area contributed by atoms with Crippen molar-refractivity contribution in [1.82, 2.24) is 9.78 Å². The average molecular weight is 357 g/mol. The maximum absolute atomic E-state index is 8.97. The predicted molar refractivity (Wildman–Crippen MR) is 105 cm³/mol. The molecular weight excluding hydrogens is 334 g/mol. The first-order chi connectivity index (χ1) is 13.2. The lowest BCUT2D eigenvalue weighted by atomic mass is 9.92. The van der Waals surface area contributed by atoms with Crippen LogP contribution in [0.4, 0.5) is 0 Å². The van der Waals surface area contributed by atoms with E-state index in [0.29, 0.717) is 12.2 Å². The third-order valence-corrected chi connectivity index (χ3v) is 5.39. The second-order valence-corrected chi connectivity index (χ2v) is 7.15. The SMILES string of the molecule is Cc1nn(-c2ccc(C#N)cc2)c(C)c1COc1ccc2c(c1)CCCC2. The molecule has 0 amide bonds. The molecular formula is C23H23N3O. The second kappa shape index (κ2) is 7.28. The molecule has 1 aliphatic rings. The molecule has 0 radical (unpaired) electrons. The van der Waals surface area contributed by atoms with Crippen molar-refractivity contribution < 1.29 is 4.74 Å². The van der Waals surface area contributed by atoms with E-state index in [0.717, 1.165) is 34.8 Å². The summed E-state index contributed by atoms with van der Waals surface area (Å²) in [6.07, 6.45) is 4.90. The number of hydrogen-bond acceptors (Lipinski definition) is 3. The number of hydrogen-bond donors (Lipinski definition) is 0. The molecule has 1 heterocycles. The first-order valence-corrected chi connectivity index (χ1v) is 9.46. The van der Waals surface area contributed by atoms with Crippen molar-refractivity contribution in [3.63, 3.8) is 0 Å². The number of nitrogens with zero attached hydrogens (tertiary/aromatic N) is 3. The number of rotatable bonds is 4. The zero-order valence-corrected chi connectivity index (χ0v) is 15.8. The Hall–Kier alpha value is -3.06. The molecule has 2 aromatic carbocycles. The lowest BCUT2D eigenvalue weighted by Gasteiger charge is -2.17. The minimum atomic E-state index is 0.507. The lowest BCUT2D eigenvalue weighted by molar-refractivity contribution is 0.304. The van der Waals surface area contributed by atoms with Gasteiger partial charge < -0.3 is 4.74 Å². The van der Waals surface area contributed by atoms with Crippen LogP contribution in [0.1, 0.15) is 46.5 Å². The maximum Gasteiger partial charge on any atom is 0.120 e. The van der Waals surface area contributed by atoms with Gasteiger partial charge in [0.15, 0.2) is 0 Å². The van der Waals surface area contributed by atoms with Gasteiger partial charge >= 0.3 is 0 Å². The van der Waals surface area contributed by atoms with Gasteiger partial charge in [-0.3, -0.25) is 0 Å². The fourth-order valence-electron chi connectivity index (χ4n) is 3.77. The van der Waals surface area contributed by atoms with Gasteiger partial charge in [-0.1, -0.05) is 6.07 Å². The molecule has 4 rings (SSSR count). The predicted octanol–water partition coefficient (Wildman–Crippen LogP) is 4.82. The Labute approximate surface area is 160 Å². The Balaban J connectivity index is 1.54. The molecule has 0 saturated carbocycles. The minimum Gasteiger partial charge on any atom is -0.489 e. The number of ether oxygens (including phenoxy) is 1. The Kier molecular flexibility index (Phi) is 4.68. The molecule has 0 saturated heterocycles. The number of aryl methyl sites for hydroxylation is 3. The van der Waals surface area contributed by atoms with Crippen LogP contribution in [0.15, 0.2) is 42.5 Å². The Morgan fingerprint density at radius 2 is 1.78 bits per heavy atom. The zero-order chi connectivity index (χ0) is 18.8. The highest BCUT2D eigenvalue weighted by Gasteiger charge is 2.15. The zero-order valence-electron chi connectivity index (χ0n) is 15.8. The highest BCUT2D eigenvalue weighted by Crippen LogP contribution is 2.26. The summed E-state index contributed by atoms with van der Waals surface area (Å²) in [4.78, 5) is 0. The van der Waals surface area contributed by atoms with Crippen LogP contribution < -0.4 is 4.74 Å². The molecule has 0 unspecified atom stereocenters. The summed E-state index contributed by atoms with van der Waals surface area (Å²) in [5, 5.41) is 13.6. The topological polar surface area (TPSA) is 50.8 Å². The third-order valence-electron chi connectivity index (χ3n) is 5.39. The number of fused-ring (bicyclic) bond motifs is 1. The van der Waals surface area contributed by atoms with Crippen LogP contribution in [-0.2, 0) is 19.4 Å². The van der Waals surface area contributed by atoms with Crippen molar-refractivity contribution in [2.24, 2.45) is 0 Å². The molecule has 27 heavy (non-hydrogen) atoms. The maximum atomic E-state index is 8.97. The van der Waals surface area contributed by atoms with Gasteiger partial charge in [0.2, 0.25) is 0 Å². The van der Waals surface area contributed by atoms with Crippen LogP contribution in [-0.4, -0.2) is 9.78 Å². The normalized spacial score (nSPS) is 13.1. The van der Waals surface area contributed by atoms with Crippen molar-refractivity contribution in [3.8, 4) is 17.5 Å². The van der Waals surface area contributed by atoms with Crippen LogP contribution in [0.25, 0.3) is 5.69 Å². The van der Waals surface area contributed by atoms with Gasteiger partial charge in [0.05, 0.1) is 23.0 Å². The quantitative estimate of drug-likeness (QED) is 0.673. The highest BCUT2D eigenvalue weighted by atomic mass is 16.5. The number of benzene rings is 2. The minimum absolute atomic E-state index is 0.507. The Morgan fingerprint density at radius 1 is 1.04 bits per heavy atom. The van der Waals surface area contributed by atoms with E-state index < -0.39 is 0 Å². The summed E-state index contributed by atoms with van der Waals surface area (Å²) in [6, 6.07) is 16.1. The summed E-state index contributed by atoms with van der Waals surface area (Å²) in [7, 11) is 0. The summed E-state index contributed by atoms with van der Waals surface area (Å²) in [5.74, 6) is 0.931. The van der Waals surface area contributed by atoms with E-state index in [9.17, 15) is 0 Å². The van der Waals surface area contributed by atoms with E-state index in [1.165, 1.54) is 30.4 Å². The molecule has 0 aliphatic heterocycles. The first kappa shape index (κ1) is 17.4. The van der Waals surface area contributed by atoms with Gasteiger partial charge in [0.1, 0.15) is 12.4 Å². The van der Waals surface area contributed by atoms with Crippen molar-refractivity contribution >= 4 is 0 Å². The van der Waals surface area contributed by atoms with E-state index in [1.807, 2.05) is 35.9 Å². The smallest absolute Gasteiger partial charge is 0.120 e. The van der Waals surface area contributed by atoms with Crippen molar-refractivity contribution in [3.05, 3.63) is 76.1 Å². The second-order valence-electron chi connectivity index (χ2n) is 7.15. The standard InChI is InChI=1S/C23H23N3O/c1-16-23(15-27-22-12-9-19-5-3-4-6-20(19)13-22)17(2)26(25-16)21-10-7-18(14-24)8-11-21/h7-13H,3-6,15H2,1-2H3. The van der Waals surface area contributed by atoms with Crippen LogP contribution in [0.5, 0.6) is 5.75 Å². The average Bonchev–Trinajstić information content (AvgIpc) is 3.00. The van der Waals surface area contributed by atoms with Gasteiger partial charge in [-0.25, -0.2) is 4.68 Å². The van der Waals surface area contributed by atoms with E-state index >= 15 is 0 Å². The molecule has 0 N–H and O–H groups in total. The molecule has 0 atom stereocenters. The number of aromatic nitrogens is 2. The molecule has 0 spiro atoms. The van der Waals surface area contributed by atoms with Gasteiger partial charge in [-0.15, -0.1) is 0 Å². The molecule has 3 aromatic rings. The van der Waals surface area contributed by atoms with Crippen molar-refractivity contribution in [2.75, 3.05) is 0 Å². The molecule has 4 heteroatoms. The van der Waals surface area contributed by atoms with Crippen molar-refractivity contribution in [1.29, 1.82) is 5.26 Å². The van der Waals surface area contributed by atoms with Crippen LogP contribution >= 0.6 is 0 Å². The van der Waals surface area contributed by atoms with Gasteiger partial charge in [-0.05, 0) is 87.1 Å². The van der Waals surface area contributed by atoms with E-state index in [1.54, 1.807) is 0 Å². The summed E-state index contributed by atoms with van der Waals surface area (Å²) < 4.78 is 8.03. The summed E-state index contributed by atoms with van der Waals surface area (Å²) in [6.45, 7) is 4.58. The Bertz CT molecular complexity index is 1010. The molecule has 0 bridgehead atoms. The summed E-state index contributed by atoms with van der Waals surface area (Å²) >= 11 is 0. The molecule has 136 valence electrons. The first-order valence-electron chi connectivity index (χ1n) is 9.46. The van der Waals surface area contributed by atoms with Crippen LogP contribution in [0.3, 0.4) is 0 Å². The Morgan fingerprint density at radius 3 is 2.52 bits per heavy atom.